The summed E-state index contributed by atoms with van der Waals surface area (Å²) in [6, 6.07) is 5.47. The van der Waals surface area contributed by atoms with Crippen LogP contribution in [0.25, 0.3) is 0 Å². The molecular weight excluding hydrogens is 296 g/mol. The van der Waals surface area contributed by atoms with E-state index in [-0.39, 0.29) is 23.8 Å². The molecule has 0 spiro atoms. The van der Waals surface area contributed by atoms with Crippen molar-refractivity contribution in [2.45, 2.75) is 19.4 Å². The molecule has 2 heterocycles. The molecule has 2 N–H and O–H groups in total. The van der Waals surface area contributed by atoms with Crippen LogP contribution >= 0.6 is 0 Å². The molecule has 3 rings (SSSR count). The van der Waals surface area contributed by atoms with Crippen LogP contribution in [0.2, 0.25) is 0 Å². The number of carbonyl (C=O) groups is 1. The fourth-order valence-electron chi connectivity index (χ4n) is 2.65. The van der Waals surface area contributed by atoms with Gasteiger partial charge < -0.3 is 15.5 Å². The van der Waals surface area contributed by atoms with Crippen LogP contribution in [0.1, 0.15) is 18.5 Å². The first kappa shape index (κ1) is 15.2. The van der Waals surface area contributed by atoms with Crippen molar-refractivity contribution in [1.29, 1.82) is 0 Å². The summed E-state index contributed by atoms with van der Waals surface area (Å²) >= 11 is 0. The highest BCUT2D eigenvalue weighted by atomic mass is 16.2. The molecule has 0 atom stereocenters. The molecule has 0 bridgehead atoms. The molecule has 1 aliphatic heterocycles. The third kappa shape index (κ3) is 3.23. The first-order valence-electron chi connectivity index (χ1n) is 7.65. The highest BCUT2D eigenvalue weighted by Gasteiger charge is 2.23. The van der Waals surface area contributed by atoms with Crippen LogP contribution < -0.4 is 21.5 Å². The van der Waals surface area contributed by atoms with E-state index in [2.05, 4.69) is 15.6 Å². The maximum Gasteiger partial charge on any atom is 0.253 e. The standard InChI is InChI=1S/C16H18N4O3/c21-12(20-7-3-4-8-20)10-19-14-13(15(22)16(14)23)18-9-11-5-1-2-6-17-11/h1-2,5-6,18-19H,3-4,7-10H2. The van der Waals surface area contributed by atoms with Crippen LogP contribution in [-0.4, -0.2) is 35.4 Å². The smallest absolute Gasteiger partial charge is 0.253 e. The van der Waals surface area contributed by atoms with Gasteiger partial charge in [0.05, 0.1) is 18.8 Å². The van der Waals surface area contributed by atoms with Gasteiger partial charge in [-0.15, -0.1) is 0 Å². The van der Waals surface area contributed by atoms with Gasteiger partial charge in [-0.2, -0.15) is 0 Å². The van der Waals surface area contributed by atoms with Gasteiger partial charge in [0.2, 0.25) is 5.91 Å². The van der Waals surface area contributed by atoms with Crippen LogP contribution in [0.15, 0.2) is 34.0 Å². The molecule has 1 amide bonds. The minimum absolute atomic E-state index is 0.0309. The molecule has 7 heteroatoms. The van der Waals surface area contributed by atoms with Crippen molar-refractivity contribution < 1.29 is 4.79 Å². The van der Waals surface area contributed by atoms with Crippen molar-refractivity contribution >= 4 is 17.3 Å². The molecule has 7 nitrogen and oxygen atoms in total. The normalized spacial score (nSPS) is 14.2. The highest BCUT2D eigenvalue weighted by Crippen LogP contribution is 2.15. The van der Waals surface area contributed by atoms with E-state index in [9.17, 15) is 14.4 Å². The number of carbonyl (C=O) groups excluding carboxylic acids is 1. The van der Waals surface area contributed by atoms with E-state index in [0.29, 0.717) is 6.54 Å². The molecular formula is C16H18N4O3. The number of pyridine rings is 1. The van der Waals surface area contributed by atoms with Crippen molar-refractivity contribution in [1.82, 2.24) is 9.88 Å². The Morgan fingerprint density at radius 3 is 2.43 bits per heavy atom. The van der Waals surface area contributed by atoms with Gasteiger partial charge in [0, 0.05) is 19.3 Å². The van der Waals surface area contributed by atoms with Crippen LogP contribution in [-0.2, 0) is 11.3 Å². The van der Waals surface area contributed by atoms with E-state index in [1.54, 1.807) is 17.2 Å². The molecule has 23 heavy (non-hydrogen) atoms. The maximum absolute atomic E-state index is 12.0. The summed E-state index contributed by atoms with van der Waals surface area (Å²) in [4.78, 5) is 41.2. The van der Waals surface area contributed by atoms with Gasteiger partial charge in [-0.1, -0.05) is 6.07 Å². The molecule has 0 unspecified atom stereocenters. The highest BCUT2D eigenvalue weighted by molar-refractivity contribution is 5.84. The van der Waals surface area contributed by atoms with Crippen LogP contribution in [0, 0.1) is 0 Å². The predicted molar refractivity (Wildman–Crippen MR) is 87.2 cm³/mol. The summed E-state index contributed by atoms with van der Waals surface area (Å²) in [5.41, 5.74) is 0.0489. The second-order valence-corrected chi connectivity index (χ2v) is 5.52. The number of nitrogens with zero attached hydrogens (tertiary/aromatic N) is 2. The van der Waals surface area contributed by atoms with Crippen LogP contribution in [0.4, 0.5) is 11.4 Å². The molecule has 1 aromatic carbocycles. The lowest BCUT2D eigenvalue weighted by Crippen LogP contribution is -2.40. The fourth-order valence-corrected chi connectivity index (χ4v) is 2.65. The number of hydrogen-bond acceptors (Lipinski definition) is 6. The molecule has 1 fully saturated rings. The summed E-state index contributed by atoms with van der Waals surface area (Å²) < 4.78 is 0. The lowest BCUT2D eigenvalue weighted by Gasteiger charge is -2.18. The number of likely N-dealkylation sites (tertiary alicyclic amines) is 1. The summed E-state index contributed by atoms with van der Waals surface area (Å²) in [5.74, 6) is -0.0498. The van der Waals surface area contributed by atoms with Gasteiger partial charge in [-0.25, -0.2) is 0 Å². The van der Waals surface area contributed by atoms with Gasteiger partial charge >= 0.3 is 0 Å². The predicted octanol–water partition coefficient (Wildman–Crippen LogP) is 0.324. The van der Waals surface area contributed by atoms with Gasteiger partial charge in [0.15, 0.2) is 0 Å². The average molecular weight is 314 g/mol. The van der Waals surface area contributed by atoms with E-state index < -0.39 is 10.9 Å². The molecule has 1 aromatic heterocycles. The van der Waals surface area contributed by atoms with Crippen LogP contribution in [0.3, 0.4) is 0 Å². The zero-order valence-electron chi connectivity index (χ0n) is 12.7. The van der Waals surface area contributed by atoms with E-state index in [4.69, 9.17) is 0 Å². The molecule has 1 aliphatic rings. The Labute approximate surface area is 133 Å². The maximum atomic E-state index is 12.0. The monoisotopic (exact) mass is 314 g/mol. The van der Waals surface area contributed by atoms with E-state index in [1.165, 1.54) is 0 Å². The Kier molecular flexibility index (Phi) is 4.36. The van der Waals surface area contributed by atoms with E-state index in [1.807, 2.05) is 12.1 Å². The zero-order chi connectivity index (χ0) is 16.2. The van der Waals surface area contributed by atoms with Crippen molar-refractivity contribution in [3.05, 3.63) is 50.5 Å². The Balaban J connectivity index is 1.59. The SMILES string of the molecule is O=C(CNc1c(NCc2ccccn2)c(=O)c1=O)N1CCCC1. The Morgan fingerprint density at radius 2 is 1.78 bits per heavy atom. The van der Waals surface area contributed by atoms with Crippen molar-refractivity contribution in [3.63, 3.8) is 0 Å². The second kappa shape index (κ2) is 6.60. The van der Waals surface area contributed by atoms with Gasteiger partial charge in [0.25, 0.3) is 10.9 Å². The average Bonchev–Trinajstić information content (AvgIpc) is 3.12. The number of anilines is 2. The van der Waals surface area contributed by atoms with Gasteiger partial charge in [-0.3, -0.25) is 19.4 Å². The van der Waals surface area contributed by atoms with Crippen molar-refractivity contribution in [2.75, 3.05) is 30.3 Å². The Morgan fingerprint density at radius 1 is 1.09 bits per heavy atom. The third-order valence-electron chi connectivity index (χ3n) is 3.96. The summed E-state index contributed by atoms with van der Waals surface area (Å²) in [5, 5.41) is 5.72. The lowest BCUT2D eigenvalue weighted by atomic mass is 10.2. The summed E-state index contributed by atoms with van der Waals surface area (Å²) in [6.45, 7) is 1.90. The fraction of sp³-hybridized carbons (Fsp3) is 0.375. The minimum atomic E-state index is -0.581. The minimum Gasteiger partial charge on any atom is -0.374 e. The molecule has 0 saturated carbocycles. The first-order chi connectivity index (χ1) is 11.2. The Bertz CT molecular complexity index is 759. The van der Waals surface area contributed by atoms with Crippen LogP contribution in [0.5, 0.6) is 0 Å². The molecule has 0 aliphatic carbocycles. The molecule has 1 saturated heterocycles. The second-order valence-electron chi connectivity index (χ2n) is 5.52. The molecule has 2 aromatic rings. The number of nitrogens with one attached hydrogen (secondary N) is 2. The topological polar surface area (TPSA) is 91.4 Å². The zero-order valence-corrected chi connectivity index (χ0v) is 12.7. The molecule has 120 valence electrons. The van der Waals surface area contributed by atoms with Crippen molar-refractivity contribution in [2.24, 2.45) is 0 Å². The summed E-state index contributed by atoms with van der Waals surface area (Å²) in [7, 11) is 0. The number of amides is 1. The quantitative estimate of drug-likeness (QED) is 0.746. The van der Waals surface area contributed by atoms with E-state index in [0.717, 1.165) is 31.6 Å². The first-order valence-corrected chi connectivity index (χ1v) is 7.65. The van der Waals surface area contributed by atoms with Gasteiger partial charge in [0.1, 0.15) is 11.4 Å². The lowest BCUT2D eigenvalue weighted by molar-refractivity contribution is -0.128. The number of hydrogen-bond donors (Lipinski definition) is 2. The Hall–Kier alpha value is -2.70. The molecule has 0 radical (unpaired) electrons. The third-order valence-corrected chi connectivity index (χ3v) is 3.96. The van der Waals surface area contributed by atoms with Crippen molar-refractivity contribution in [3.8, 4) is 0 Å². The van der Waals surface area contributed by atoms with Gasteiger partial charge in [-0.05, 0) is 25.0 Å². The summed E-state index contributed by atoms with van der Waals surface area (Å²) in [6.07, 6.45) is 3.69. The number of aromatic nitrogens is 1. The van der Waals surface area contributed by atoms with E-state index >= 15 is 0 Å². The largest absolute Gasteiger partial charge is 0.374 e. The number of rotatable bonds is 6.